The smallest absolute Gasteiger partial charge is 0.0540 e. The Labute approximate surface area is 336 Å². The van der Waals surface area contributed by atoms with Gasteiger partial charge in [0.1, 0.15) is 0 Å². The van der Waals surface area contributed by atoms with Gasteiger partial charge in [-0.05, 0) is 109 Å². The van der Waals surface area contributed by atoms with Crippen molar-refractivity contribution in [2.45, 2.75) is 50.9 Å². The van der Waals surface area contributed by atoms with E-state index in [9.17, 15) is 0 Å². The average Bonchev–Trinajstić information content (AvgIpc) is 3.76. The second-order valence-electron chi connectivity index (χ2n) is 17.4. The molecule has 1 atom stereocenters. The van der Waals surface area contributed by atoms with Gasteiger partial charge in [-0.25, -0.2) is 0 Å². The van der Waals surface area contributed by atoms with Gasteiger partial charge in [0.25, 0.3) is 0 Å². The standard InChI is InChI=1S/C56H45N/c1-54(2)46-28-13-9-22-39(46)43-25-17-26-45(52(43)54)42-24-12-16-31-50(42)57(51-32-18-27-44-40-23-10-14-29-47(40)55(3,4)53(44)51)37-33-34-41-38-21-11-15-30-48(38)56(5,49(41)35-37)36-19-7-6-8-20-36/h6-35H,1-5H3. The number of hydrogen-bond acceptors (Lipinski definition) is 1. The van der Waals surface area contributed by atoms with E-state index in [1.807, 2.05) is 0 Å². The monoisotopic (exact) mass is 731 g/mol. The summed E-state index contributed by atoms with van der Waals surface area (Å²) in [6.07, 6.45) is 0. The summed E-state index contributed by atoms with van der Waals surface area (Å²) in [5.41, 5.74) is 22.8. The maximum absolute atomic E-state index is 2.59. The van der Waals surface area contributed by atoms with E-state index < -0.39 is 0 Å². The Bertz CT molecular complexity index is 2930. The SMILES string of the molecule is CC1(C)c2ccccc2-c2cccc(-c3ccccc3N(c3ccc4c(c3)C(C)(c3ccccc3)c3ccccc3-4)c3cccc4c3C(C)(C)c3ccccc3-4)c21. The molecule has 1 unspecified atom stereocenters. The molecule has 0 radical (unpaired) electrons. The summed E-state index contributed by atoms with van der Waals surface area (Å²) >= 11 is 0. The molecule has 0 bridgehead atoms. The van der Waals surface area contributed by atoms with Crippen LogP contribution in [-0.4, -0.2) is 0 Å². The lowest BCUT2D eigenvalue weighted by Gasteiger charge is -2.35. The molecule has 3 aliphatic carbocycles. The minimum Gasteiger partial charge on any atom is -0.310 e. The van der Waals surface area contributed by atoms with Crippen molar-refractivity contribution in [3.63, 3.8) is 0 Å². The van der Waals surface area contributed by atoms with Gasteiger partial charge in [-0.1, -0.05) is 185 Å². The van der Waals surface area contributed by atoms with E-state index in [1.165, 1.54) is 94.8 Å². The molecular formula is C56H45N. The van der Waals surface area contributed by atoms with Crippen molar-refractivity contribution in [2.75, 3.05) is 4.90 Å². The maximum atomic E-state index is 2.59. The summed E-state index contributed by atoms with van der Waals surface area (Å²) in [6, 6.07) is 68.3. The molecule has 1 heteroatoms. The quantitative estimate of drug-likeness (QED) is 0.170. The van der Waals surface area contributed by atoms with E-state index in [0.717, 1.165) is 5.69 Å². The van der Waals surface area contributed by atoms with Crippen LogP contribution < -0.4 is 4.90 Å². The molecule has 11 rings (SSSR count). The van der Waals surface area contributed by atoms with Crippen LogP contribution in [0.25, 0.3) is 44.5 Å². The Hall–Kier alpha value is -6.44. The predicted molar refractivity (Wildman–Crippen MR) is 239 cm³/mol. The van der Waals surface area contributed by atoms with Gasteiger partial charge in [0.2, 0.25) is 0 Å². The molecule has 8 aromatic rings. The van der Waals surface area contributed by atoms with Gasteiger partial charge in [0.05, 0.1) is 11.4 Å². The van der Waals surface area contributed by atoms with E-state index in [0.29, 0.717) is 0 Å². The molecule has 0 fully saturated rings. The fraction of sp³-hybridized carbons (Fsp3) is 0.143. The van der Waals surface area contributed by atoms with Gasteiger partial charge in [-0.2, -0.15) is 0 Å². The molecule has 3 aliphatic rings. The van der Waals surface area contributed by atoms with Crippen molar-refractivity contribution in [3.8, 4) is 44.5 Å². The highest BCUT2D eigenvalue weighted by molar-refractivity contribution is 5.98. The Kier molecular flexibility index (Phi) is 7.15. The number of hydrogen-bond donors (Lipinski definition) is 0. The first-order valence-corrected chi connectivity index (χ1v) is 20.4. The van der Waals surface area contributed by atoms with Gasteiger partial charge in [0.15, 0.2) is 0 Å². The third kappa shape index (κ3) is 4.57. The summed E-state index contributed by atoms with van der Waals surface area (Å²) in [4.78, 5) is 2.59. The molecular weight excluding hydrogens is 687 g/mol. The van der Waals surface area contributed by atoms with E-state index in [2.05, 4.69) is 222 Å². The van der Waals surface area contributed by atoms with Crippen molar-refractivity contribution < 1.29 is 0 Å². The van der Waals surface area contributed by atoms with E-state index in [1.54, 1.807) is 0 Å². The highest BCUT2D eigenvalue weighted by atomic mass is 15.1. The van der Waals surface area contributed by atoms with Gasteiger partial charge >= 0.3 is 0 Å². The second-order valence-corrected chi connectivity index (χ2v) is 17.4. The number of rotatable bonds is 5. The van der Waals surface area contributed by atoms with Crippen LogP contribution in [0.3, 0.4) is 0 Å². The molecule has 8 aromatic carbocycles. The third-order valence-electron chi connectivity index (χ3n) is 13.7. The summed E-state index contributed by atoms with van der Waals surface area (Å²) in [5, 5.41) is 0. The summed E-state index contributed by atoms with van der Waals surface area (Å²) in [7, 11) is 0. The van der Waals surface area contributed by atoms with Gasteiger partial charge in [-0.15, -0.1) is 0 Å². The minimum atomic E-state index is -0.321. The molecule has 0 spiro atoms. The first-order valence-electron chi connectivity index (χ1n) is 20.4. The molecule has 0 saturated heterocycles. The molecule has 0 saturated carbocycles. The van der Waals surface area contributed by atoms with E-state index in [-0.39, 0.29) is 16.2 Å². The molecule has 0 heterocycles. The largest absolute Gasteiger partial charge is 0.310 e. The van der Waals surface area contributed by atoms with Crippen molar-refractivity contribution in [1.29, 1.82) is 0 Å². The normalized spacial score (nSPS) is 17.2. The summed E-state index contributed by atoms with van der Waals surface area (Å²) in [6.45, 7) is 12.0. The second kappa shape index (κ2) is 12.0. The Morgan fingerprint density at radius 3 is 1.42 bits per heavy atom. The molecule has 0 aliphatic heterocycles. The van der Waals surface area contributed by atoms with Crippen LogP contribution in [0, 0.1) is 0 Å². The van der Waals surface area contributed by atoms with Crippen LogP contribution in [0.1, 0.15) is 73.6 Å². The van der Waals surface area contributed by atoms with Gasteiger partial charge < -0.3 is 4.90 Å². The number of para-hydroxylation sites is 1. The number of nitrogens with zero attached hydrogens (tertiary/aromatic N) is 1. The van der Waals surface area contributed by atoms with Gasteiger partial charge in [0, 0.05) is 27.5 Å². The third-order valence-corrected chi connectivity index (χ3v) is 13.7. The average molecular weight is 732 g/mol. The lowest BCUT2D eigenvalue weighted by molar-refractivity contribution is 0.660. The van der Waals surface area contributed by atoms with Crippen LogP contribution in [0.15, 0.2) is 182 Å². The summed E-state index contributed by atoms with van der Waals surface area (Å²) < 4.78 is 0. The van der Waals surface area contributed by atoms with E-state index >= 15 is 0 Å². The van der Waals surface area contributed by atoms with Gasteiger partial charge in [-0.3, -0.25) is 0 Å². The summed E-state index contributed by atoms with van der Waals surface area (Å²) in [5.74, 6) is 0. The lowest BCUT2D eigenvalue weighted by atomic mass is 9.74. The van der Waals surface area contributed by atoms with Crippen molar-refractivity contribution in [1.82, 2.24) is 0 Å². The highest BCUT2D eigenvalue weighted by Crippen LogP contribution is 2.59. The first kappa shape index (κ1) is 33.9. The van der Waals surface area contributed by atoms with E-state index in [4.69, 9.17) is 0 Å². The number of anilines is 3. The van der Waals surface area contributed by atoms with Crippen LogP contribution >= 0.6 is 0 Å². The molecule has 0 N–H and O–H groups in total. The fourth-order valence-corrected chi connectivity index (χ4v) is 11.1. The van der Waals surface area contributed by atoms with Crippen LogP contribution in [0.2, 0.25) is 0 Å². The number of benzene rings is 8. The maximum Gasteiger partial charge on any atom is 0.0540 e. The first-order chi connectivity index (χ1) is 27.7. The molecule has 1 nitrogen and oxygen atoms in total. The van der Waals surface area contributed by atoms with Crippen molar-refractivity contribution in [3.05, 3.63) is 221 Å². The fourth-order valence-electron chi connectivity index (χ4n) is 11.1. The van der Waals surface area contributed by atoms with Crippen LogP contribution in [0.5, 0.6) is 0 Å². The number of fused-ring (bicyclic) bond motifs is 9. The van der Waals surface area contributed by atoms with Crippen LogP contribution in [0.4, 0.5) is 17.1 Å². The molecule has 57 heavy (non-hydrogen) atoms. The Balaban J connectivity index is 1.20. The van der Waals surface area contributed by atoms with Crippen LogP contribution in [-0.2, 0) is 16.2 Å². The molecule has 0 aromatic heterocycles. The zero-order chi connectivity index (χ0) is 38.7. The Morgan fingerprint density at radius 2 is 0.754 bits per heavy atom. The van der Waals surface area contributed by atoms with Crippen molar-refractivity contribution in [2.24, 2.45) is 0 Å². The Morgan fingerprint density at radius 1 is 0.316 bits per heavy atom. The lowest BCUT2D eigenvalue weighted by Crippen LogP contribution is -2.24. The zero-order valence-electron chi connectivity index (χ0n) is 33.3. The van der Waals surface area contributed by atoms with Crippen molar-refractivity contribution >= 4 is 17.1 Å². The predicted octanol–water partition coefficient (Wildman–Crippen LogP) is 14.8. The minimum absolute atomic E-state index is 0.158. The molecule has 0 amide bonds. The topological polar surface area (TPSA) is 3.24 Å². The molecule has 274 valence electrons. The highest BCUT2D eigenvalue weighted by Gasteiger charge is 2.43. The zero-order valence-corrected chi connectivity index (χ0v) is 33.3.